The van der Waals surface area contributed by atoms with Crippen LogP contribution in [0.5, 0.6) is 0 Å². The van der Waals surface area contributed by atoms with Crippen LogP contribution < -0.4 is 5.73 Å². The van der Waals surface area contributed by atoms with Crippen LogP contribution in [-0.4, -0.2) is 12.7 Å². The van der Waals surface area contributed by atoms with Crippen molar-refractivity contribution in [1.29, 1.82) is 0 Å². The van der Waals surface area contributed by atoms with Crippen molar-refractivity contribution < 1.29 is 4.39 Å². The highest BCUT2D eigenvalue weighted by molar-refractivity contribution is 5.03. The van der Waals surface area contributed by atoms with E-state index >= 15 is 0 Å². The highest BCUT2D eigenvalue weighted by Crippen LogP contribution is 2.59. The Labute approximate surface area is 60.8 Å². The second-order valence-corrected chi connectivity index (χ2v) is 4.02. The lowest BCUT2D eigenvalue weighted by Gasteiger charge is -2.55. The van der Waals surface area contributed by atoms with Crippen LogP contribution in [0.25, 0.3) is 0 Å². The molecule has 2 fully saturated rings. The summed E-state index contributed by atoms with van der Waals surface area (Å²) in [5.41, 5.74) is 5.91. The SMILES string of the molecule is NCC1CC2(CC(F)C2)C1. The molecule has 2 aliphatic rings. The third-order valence-corrected chi connectivity index (χ3v) is 3.09. The van der Waals surface area contributed by atoms with Crippen LogP contribution in [0.15, 0.2) is 0 Å². The Balaban J connectivity index is 1.80. The van der Waals surface area contributed by atoms with Gasteiger partial charge in [0.1, 0.15) is 6.17 Å². The molecule has 2 aliphatic carbocycles. The van der Waals surface area contributed by atoms with E-state index in [1.807, 2.05) is 0 Å². The Bertz CT molecular complexity index is 132. The second kappa shape index (κ2) is 1.94. The zero-order valence-electron chi connectivity index (χ0n) is 6.15. The Morgan fingerprint density at radius 2 is 1.90 bits per heavy atom. The Hall–Kier alpha value is -0.110. The van der Waals surface area contributed by atoms with Crippen molar-refractivity contribution in [2.45, 2.75) is 31.9 Å². The molecule has 0 saturated heterocycles. The lowest BCUT2D eigenvalue weighted by molar-refractivity contribution is -0.0757. The molecule has 0 aliphatic heterocycles. The van der Waals surface area contributed by atoms with Crippen LogP contribution >= 0.6 is 0 Å². The largest absolute Gasteiger partial charge is 0.330 e. The van der Waals surface area contributed by atoms with Gasteiger partial charge in [0, 0.05) is 0 Å². The Morgan fingerprint density at radius 1 is 1.30 bits per heavy atom. The van der Waals surface area contributed by atoms with Crippen LogP contribution in [0.1, 0.15) is 25.7 Å². The summed E-state index contributed by atoms with van der Waals surface area (Å²) in [7, 11) is 0. The third kappa shape index (κ3) is 0.782. The number of alkyl halides is 1. The van der Waals surface area contributed by atoms with Gasteiger partial charge in [-0.05, 0) is 43.6 Å². The van der Waals surface area contributed by atoms with Gasteiger partial charge in [0.05, 0.1) is 0 Å². The maximum Gasteiger partial charge on any atom is 0.101 e. The maximum atomic E-state index is 12.4. The van der Waals surface area contributed by atoms with E-state index in [1.54, 1.807) is 0 Å². The van der Waals surface area contributed by atoms with Gasteiger partial charge in [-0.2, -0.15) is 0 Å². The normalized spacial score (nSPS) is 52.2. The van der Waals surface area contributed by atoms with Gasteiger partial charge in [0.15, 0.2) is 0 Å². The van der Waals surface area contributed by atoms with Crippen LogP contribution in [-0.2, 0) is 0 Å². The lowest BCUT2D eigenvalue weighted by atomic mass is 9.51. The molecule has 0 unspecified atom stereocenters. The van der Waals surface area contributed by atoms with E-state index in [0.29, 0.717) is 11.3 Å². The summed E-state index contributed by atoms with van der Waals surface area (Å²) in [6.45, 7) is 0.804. The van der Waals surface area contributed by atoms with E-state index in [4.69, 9.17) is 5.73 Å². The summed E-state index contributed by atoms with van der Waals surface area (Å²) in [5.74, 6) is 0.715. The molecule has 0 aromatic heterocycles. The predicted molar refractivity (Wildman–Crippen MR) is 38.3 cm³/mol. The average Bonchev–Trinajstić information content (AvgIpc) is 1.74. The number of halogens is 1. The van der Waals surface area contributed by atoms with E-state index < -0.39 is 6.17 Å². The van der Waals surface area contributed by atoms with Gasteiger partial charge < -0.3 is 5.73 Å². The van der Waals surface area contributed by atoms with E-state index in [-0.39, 0.29) is 0 Å². The van der Waals surface area contributed by atoms with Crippen molar-refractivity contribution in [3.05, 3.63) is 0 Å². The van der Waals surface area contributed by atoms with Crippen molar-refractivity contribution in [2.24, 2.45) is 17.1 Å². The first-order valence-electron chi connectivity index (χ1n) is 4.08. The topological polar surface area (TPSA) is 26.0 Å². The van der Waals surface area contributed by atoms with Gasteiger partial charge in [-0.3, -0.25) is 0 Å². The first kappa shape index (κ1) is 6.59. The summed E-state index contributed by atoms with van der Waals surface area (Å²) in [6.07, 6.45) is 3.56. The zero-order chi connectivity index (χ0) is 7.19. The van der Waals surface area contributed by atoms with Gasteiger partial charge in [0.2, 0.25) is 0 Å². The summed E-state index contributed by atoms with van der Waals surface area (Å²) < 4.78 is 12.4. The van der Waals surface area contributed by atoms with Crippen LogP contribution in [0, 0.1) is 11.3 Å². The molecule has 0 bridgehead atoms. The monoisotopic (exact) mass is 143 g/mol. The lowest BCUT2D eigenvalue weighted by Crippen LogP contribution is -2.50. The number of hydrogen-bond donors (Lipinski definition) is 1. The van der Waals surface area contributed by atoms with E-state index in [0.717, 1.165) is 19.4 Å². The minimum Gasteiger partial charge on any atom is -0.330 e. The molecule has 2 heteroatoms. The molecule has 0 atom stereocenters. The second-order valence-electron chi connectivity index (χ2n) is 4.02. The third-order valence-electron chi connectivity index (χ3n) is 3.09. The van der Waals surface area contributed by atoms with E-state index in [9.17, 15) is 4.39 Å². The molecule has 0 amide bonds. The molecule has 0 radical (unpaired) electrons. The van der Waals surface area contributed by atoms with Crippen LogP contribution in [0.2, 0.25) is 0 Å². The average molecular weight is 143 g/mol. The molecule has 2 N–H and O–H groups in total. The molecule has 2 saturated carbocycles. The first-order chi connectivity index (χ1) is 4.74. The predicted octanol–water partition coefficient (Wildman–Crippen LogP) is 1.47. The minimum atomic E-state index is -0.487. The van der Waals surface area contributed by atoms with Crippen molar-refractivity contribution in [3.63, 3.8) is 0 Å². The first-order valence-corrected chi connectivity index (χ1v) is 4.08. The van der Waals surface area contributed by atoms with Crippen molar-refractivity contribution in [1.82, 2.24) is 0 Å². The Kier molecular flexibility index (Phi) is 1.28. The van der Waals surface area contributed by atoms with E-state index in [1.165, 1.54) is 12.8 Å². The molecule has 1 spiro atoms. The molecule has 2 rings (SSSR count). The summed E-state index contributed by atoms with van der Waals surface area (Å²) >= 11 is 0. The highest BCUT2D eigenvalue weighted by Gasteiger charge is 2.52. The molecule has 0 aromatic rings. The number of nitrogens with two attached hydrogens (primary N) is 1. The van der Waals surface area contributed by atoms with Crippen molar-refractivity contribution in [2.75, 3.05) is 6.54 Å². The summed E-state index contributed by atoms with van der Waals surface area (Å²) in [4.78, 5) is 0. The quantitative estimate of drug-likeness (QED) is 0.591. The molecule has 1 nitrogen and oxygen atoms in total. The fourth-order valence-corrected chi connectivity index (χ4v) is 2.54. The van der Waals surface area contributed by atoms with Gasteiger partial charge >= 0.3 is 0 Å². The van der Waals surface area contributed by atoms with Gasteiger partial charge in [0.25, 0.3) is 0 Å². The van der Waals surface area contributed by atoms with Gasteiger partial charge in [-0.1, -0.05) is 0 Å². The van der Waals surface area contributed by atoms with E-state index in [2.05, 4.69) is 0 Å². The number of rotatable bonds is 1. The van der Waals surface area contributed by atoms with Gasteiger partial charge in [-0.15, -0.1) is 0 Å². The van der Waals surface area contributed by atoms with Gasteiger partial charge in [-0.25, -0.2) is 4.39 Å². The summed E-state index contributed by atoms with van der Waals surface area (Å²) in [5, 5.41) is 0. The number of hydrogen-bond acceptors (Lipinski definition) is 1. The molecule has 0 aromatic carbocycles. The molecule has 10 heavy (non-hydrogen) atoms. The van der Waals surface area contributed by atoms with Crippen molar-refractivity contribution in [3.8, 4) is 0 Å². The molecule has 58 valence electrons. The molecular weight excluding hydrogens is 129 g/mol. The molecular formula is C8H14FN. The minimum absolute atomic E-state index is 0.434. The Morgan fingerprint density at radius 3 is 2.30 bits per heavy atom. The fourth-order valence-electron chi connectivity index (χ4n) is 2.54. The molecule has 0 heterocycles. The standard InChI is InChI=1S/C8H14FN/c9-7-3-8(4-7)1-6(2-8)5-10/h6-7H,1-5,10H2. The fraction of sp³-hybridized carbons (Fsp3) is 1.00. The van der Waals surface area contributed by atoms with Crippen molar-refractivity contribution >= 4 is 0 Å². The smallest absolute Gasteiger partial charge is 0.101 e. The van der Waals surface area contributed by atoms with Crippen LogP contribution in [0.3, 0.4) is 0 Å². The zero-order valence-corrected chi connectivity index (χ0v) is 6.15. The maximum absolute atomic E-state index is 12.4. The van der Waals surface area contributed by atoms with Crippen LogP contribution in [0.4, 0.5) is 4.39 Å². The highest BCUT2D eigenvalue weighted by atomic mass is 19.1. The summed E-state index contributed by atoms with van der Waals surface area (Å²) in [6, 6.07) is 0.